The number of hydrogen-bond donors (Lipinski definition) is 2. The van der Waals surface area contributed by atoms with E-state index in [0.717, 1.165) is 13.2 Å². The van der Waals surface area contributed by atoms with Gasteiger partial charge in [-0.15, -0.1) is 0 Å². The Morgan fingerprint density at radius 1 is 1.63 bits per heavy atom. The fourth-order valence-corrected chi connectivity index (χ4v) is 2.23. The molecule has 2 atom stereocenters. The standard InChI is InChI=1S/C10H11NO7S/c1-18-8(14)3-7(13)9(15)6-2-5(4-12)19-10(6)11(16)17/h2,4,7,9,13,15H,3H2,1H3. The van der Waals surface area contributed by atoms with E-state index in [1.807, 2.05) is 0 Å². The van der Waals surface area contributed by atoms with Gasteiger partial charge in [-0.1, -0.05) is 11.3 Å². The molecule has 0 aromatic carbocycles. The molecule has 0 saturated heterocycles. The number of methoxy groups -OCH3 is 1. The predicted octanol–water partition coefficient (Wildman–Crippen LogP) is 0.426. The van der Waals surface area contributed by atoms with E-state index in [1.54, 1.807) is 0 Å². The van der Waals surface area contributed by atoms with E-state index in [0.29, 0.717) is 17.6 Å². The molecule has 0 saturated carbocycles. The van der Waals surface area contributed by atoms with Crippen LogP contribution in [0.25, 0.3) is 0 Å². The van der Waals surface area contributed by atoms with Crippen LogP contribution in [0.2, 0.25) is 0 Å². The summed E-state index contributed by atoms with van der Waals surface area (Å²) in [6.45, 7) is 0. The third-order valence-electron chi connectivity index (χ3n) is 2.33. The highest BCUT2D eigenvalue weighted by molar-refractivity contribution is 7.17. The lowest BCUT2D eigenvalue weighted by atomic mass is 10.0. The van der Waals surface area contributed by atoms with Crippen LogP contribution in [0, 0.1) is 10.1 Å². The summed E-state index contributed by atoms with van der Waals surface area (Å²) in [4.78, 5) is 31.6. The monoisotopic (exact) mass is 289 g/mol. The van der Waals surface area contributed by atoms with Crippen LogP contribution in [0.5, 0.6) is 0 Å². The number of nitro groups is 1. The maximum atomic E-state index is 11.0. The minimum absolute atomic E-state index is 0.0472. The van der Waals surface area contributed by atoms with Gasteiger partial charge in [-0.2, -0.15) is 0 Å². The summed E-state index contributed by atoms with van der Waals surface area (Å²) in [5.74, 6) is -0.764. The molecule has 8 nitrogen and oxygen atoms in total. The number of rotatable bonds is 6. The number of thiophene rings is 1. The molecule has 0 amide bonds. The van der Waals surface area contributed by atoms with Gasteiger partial charge in [0.25, 0.3) is 0 Å². The molecule has 1 heterocycles. The fourth-order valence-electron chi connectivity index (χ4n) is 1.40. The Morgan fingerprint density at radius 2 is 2.26 bits per heavy atom. The van der Waals surface area contributed by atoms with E-state index in [1.165, 1.54) is 0 Å². The molecule has 2 unspecified atom stereocenters. The van der Waals surface area contributed by atoms with Crippen molar-refractivity contribution in [3.63, 3.8) is 0 Å². The number of hydrogen-bond acceptors (Lipinski definition) is 8. The van der Waals surface area contributed by atoms with E-state index in [2.05, 4.69) is 4.74 Å². The van der Waals surface area contributed by atoms with E-state index in [9.17, 15) is 29.9 Å². The topological polar surface area (TPSA) is 127 Å². The van der Waals surface area contributed by atoms with Crippen LogP contribution >= 0.6 is 11.3 Å². The molecule has 0 spiro atoms. The number of aliphatic hydroxyl groups is 2. The zero-order valence-electron chi connectivity index (χ0n) is 9.81. The molecule has 1 aromatic rings. The molecule has 104 valence electrons. The van der Waals surface area contributed by atoms with Crippen molar-refractivity contribution in [1.29, 1.82) is 0 Å². The van der Waals surface area contributed by atoms with E-state index in [4.69, 9.17) is 0 Å². The van der Waals surface area contributed by atoms with Crippen LogP contribution in [0.1, 0.15) is 27.8 Å². The SMILES string of the molecule is COC(=O)CC(O)C(O)c1cc(C=O)sc1[N+](=O)[O-]. The average molecular weight is 289 g/mol. The van der Waals surface area contributed by atoms with Gasteiger partial charge in [-0.3, -0.25) is 19.7 Å². The lowest BCUT2D eigenvalue weighted by molar-refractivity contribution is -0.381. The largest absolute Gasteiger partial charge is 0.469 e. The number of esters is 1. The second-order valence-electron chi connectivity index (χ2n) is 3.58. The zero-order chi connectivity index (χ0) is 14.6. The highest BCUT2D eigenvalue weighted by Crippen LogP contribution is 2.35. The first kappa shape index (κ1) is 15.2. The number of ether oxygens (including phenoxy) is 1. The van der Waals surface area contributed by atoms with Crippen LogP contribution in [-0.4, -0.2) is 40.6 Å². The molecule has 0 aliphatic carbocycles. The number of aliphatic hydroxyl groups excluding tert-OH is 2. The van der Waals surface area contributed by atoms with Gasteiger partial charge in [0.15, 0.2) is 6.29 Å². The predicted molar refractivity (Wildman–Crippen MR) is 64.0 cm³/mol. The van der Waals surface area contributed by atoms with Crippen molar-refractivity contribution >= 4 is 28.6 Å². The van der Waals surface area contributed by atoms with Gasteiger partial charge in [0.05, 0.1) is 35.0 Å². The maximum Gasteiger partial charge on any atom is 0.330 e. The molecule has 0 bridgehead atoms. The zero-order valence-corrected chi connectivity index (χ0v) is 10.6. The lowest BCUT2D eigenvalue weighted by Gasteiger charge is -2.15. The molecule has 9 heteroatoms. The summed E-state index contributed by atoms with van der Waals surface area (Å²) >= 11 is 0.584. The number of nitrogens with zero attached hydrogens (tertiary/aromatic N) is 1. The van der Waals surface area contributed by atoms with Crippen molar-refractivity contribution in [3.8, 4) is 0 Å². The third-order valence-corrected chi connectivity index (χ3v) is 3.36. The summed E-state index contributed by atoms with van der Waals surface area (Å²) in [6.07, 6.45) is -3.31. The summed E-state index contributed by atoms with van der Waals surface area (Å²) in [7, 11) is 1.11. The van der Waals surface area contributed by atoms with E-state index in [-0.39, 0.29) is 10.4 Å². The van der Waals surface area contributed by atoms with Crippen molar-refractivity contribution in [2.45, 2.75) is 18.6 Å². The van der Waals surface area contributed by atoms with Gasteiger partial charge >= 0.3 is 11.0 Å². The molecular formula is C10H11NO7S. The quantitative estimate of drug-likeness (QED) is 0.336. The van der Waals surface area contributed by atoms with Gasteiger partial charge in [-0.05, 0) is 6.07 Å². The highest BCUT2D eigenvalue weighted by Gasteiger charge is 2.30. The summed E-state index contributed by atoms with van der Waals surface area (Å²) in [5, 5.41) is 29.7. The first-order valence-electron chi connectivity index (χ1n) is 5.07. The Balaban J connectivity index is 3.00. The second-order valence-corrected chi connectivity index (χ2v) is 4.64. The van der Waals surface area contributed by atoms with Gasteiger partial charge in [0, 0.05) is 0 Å². The summed E-state index contributed by atoms with van der Waals surface area (Å²) in [5.41, 5.74) is -0.200. The van der Waals surface area contributed by atoms with Crippen molar-refractivity contribution in [2.75, 3.05) is 7.11 Å². The van der Waals surface area contributed by atoms with E-state index < -0.39 is 34.5 Å². The first-order chi connectivity index (χ1) is 8.90. The first-order valence-corrected chi connectivity index (χ1v) is 5.88. The molecule has 2 N–H and O–H groups in total. The molecule has 19 heavy (non-hydrogen) atoms. The van der Waals surface area contributed by atoms with Crippen LogP contribution in [0.3, 0.4) is 0 Å². The summed E-state index contributed by atoms with van der Waals surface area (Å²) < 4.78 is 4.31. The molecule has 0 fully saturated rings. The Kier molecular flexibility index (Phi) is 5.10. The second kappa shape index (κ2) is 6.36. The van der Waals surface area contributed by atoms with Crippen molar-refractivity contribution in [2.24, 2.45) is 0 Å². The van der Waals surface area contributed by atoms with Crippen LogP contribution in [0.4, 0.5) is 5.00 Å². The lowest BCUT2D eigenvalue weighted by Crippen LogP contribution is -2.22. The van der Waals surface area contributed by atoms with Gasteiger partial charge in [0.2, 0.25) is 0 Å². The minimum Gasteiger partial charge on any atom is -0.469 e. The number of carbonyl (C=O) groups is 2. The van der Waals surface area contributed by atoms with Crippen molar-refractivity contribution in [1.82, 2.24) is 0 Å². The molecule has 0 aliphatic rings. The Morgan fingerprint density at radius 3 is 2.74 bits per heavy atom. The van der Waals surface area contributed by atoms with E-state index >= 15 is 0 Å². The highest BCUT2D eigenvalue weighted by atomic mass is 32.1. The molecule has 0 aliphatic heterocycles. The Bertz CT molecular complexity index is 498. The molecule has 1 aromatic heterocycles. The fraction of sp³-hybridized carbons (Fsp3) is 0.400. The minimum atomic E-state index is -1.65. The van der Waals surface area contributed by atoms with Crippen molar-refractivity contribution in [3.05, 3.63) is 26.6 Å². The smallest absolute Gasteiger partial charge is 0.330 e. The normalized spacial score (nSPS) is 13.6. The van der Waals surface area contributed by atoms with Gasteiger partial charge in [0.1, 0.15) is 6.10 Å². The van der Waals surface area contributed by atoms with Gasteiger partial charge in [-0.25, -0.2) is 0 Å². The number of aldehydes is 1. The number of carbonyl (C=O) groups excluding carboxylic acids is 2. The Hall–Kier alpha value is -1.84. The molecular weight excluding hydrogens is 278 g/mol. The van der Waals surface area contributed by atoms with Crippen LogP contribution in [0.15, 0.2) is 6.07 Å². The third kappa shape index (κ3) is 3.56. The molecule has 1 rings (SSSR count). The molecule has 0 radical (unpaired) electrons. The van der Waals surface area contributed by atoms with Crippen molar-refractivity contribution < 1.29 is 29.5 Å². The summed E-state index contributed by atoms with van der Waals surface area (Å²) in [6, 6.07) is 1.11. The van der Waals surface area contributed by atoms with Crippen LogP contribution < -0.4 is 0 Å². The average Bonchev–Trinajstić information content (AvgIpc) is 2.81. The van der Waals surface area contributed by atoms with Crippen LogP contribution in [-0.2, 0) is 9.53 Å². The Labute approximate surface area is 111 Å². The maximum absolute atomic E-state index is 11.0. The van der Waals surface area contributed by atoms with Gasteiger partial charge < -0.3 is 14.9 Å².